The molecule has 0 spiro atoms. The Kier molecular flexibility index (Phi) is 3.20. The van der Waals surface area contributed by atoms with Gasteiger partial charge < -0.3 is 14.2 Å². The number of esters is 1. The number of fused-ring (bicyclic) bond motifs is 1. The largest absolute Gasteiger partial charge is 0.455 e. The molecular formula is C14H19NO6. The SMILES string of the molecule is CCC(C)(C)C(=O)NC(=O)OC1C2CC3C(=O)OC1C3O2. The Morgan fingerprint density at radius 1 is 1.38 bits per heavy atom. The van der Waals surface area contributed by atoms with Crippen molar-refractivity contribution in [2.24, 2.45) is 11.3 Å². The second kappa shape index (κ2) is 4.69. The number of alkyl carbamates (subject to hydrolysis) is 1. The minimum absolute atomic E-state index is 0.233. The molecule has 3 saturated heterocycles. The number of nitrogens with one attached hydrogen (secondary N) is 1. The number of imide groups is 1. The predicted octanol–water partition coefficient (Wildman–Crippen LogP) is 0.757. The third-order valence-corrected chi connectivity index (χ3v) is 4.74. The maximum absolute atomic E-state index is 11.9. The van der Waals surface area contributed by atoms with Gasteiger partial charge in [-0.15, -0.1) is 0 Å². The highest BCUT2D eigenvalue weighted by molar-refractivity contribution is 5.94. The highest BCUT2D eigenvalue weighted by Crippen LogP contribution is 2.47. The van der Waals surface area contributed by atoms with Gasteiger partial charge in [-0.3, -0.25) is 14.9 Å². The minimum Gasteiger partial charge on any atom is -0.455 e. The van der Waals surface area contributed by atoms with Gasteiger partial charge in [0.25, 0.3) is 0 Å². The van der Waals surface area contributed by atoms with Gasteiger partial charge >= 0.3 is 12.1 Å². The first-order chi connectivity index (χ1) is 9.83. The third kappa shape index (κ3) is 2.19. The number of ether oxygens (including phenoxy) is 3. The molecule has 0 saturated carbocycles. The van der Waals surface area contributed by atoms with E-state index in [4.69, 9.17) is 14.2 Å². The normalized spacial score (nSPS) is 36.5. The molecule has 2 bridgehead atoms. The molecular weight excluding hydrogens is 278 g/mol. The van der Waals surface area contributed by atoms with E-state index in [1.807, 2.05) is 6.92 Å². The average molecular weight is 297 g/mol. The zero-order valence-electron chi connectivity index (χ0n) is 12.3. The molecule has 0 radical (unpaired) electrons. The lowest BCUT2D eigenvalue weighted by atomic mass is 9.88. The lowest BCUT2D eigenvalue weighted by molar-refractivity contribution is -0.146. The average Bonchev–Trinajstić information content (AvgIpc) is 3.03. The van der Waals surface area contributed by atoms with Gasteiger partial charge in [-0.2, -0.15) is 0 Å². The Morgan fingerprint density at radius 2 is 2.10 bits per heavy atom. The maximum atomic E-state index is 11.9. The molecule has 3 rings (SSSR count). The predicted molar refractivity (Wildman–Crippen MR) is 69.1 cm³/mol. The van der Waals surface area contributed by atoms with E-state index in [0.29, 0.717) is 12.8 Å². The first kappa shape index (κ1) is 14.3. The summed E-state index contributed by atoms with van der Waals surface area (Å²) in [5.41, 5.74) is -0.644. The van der Waals surface area contributed by atoms with Crippen molar-refractivity contribution in [3.63, 3.8) is 0 Å². The fourth-order valence-corrected chi connectivity index (χ4v) is 2.96. The van der Waals surface area contributed by atoms with Crippen molar-refractivity contribution in [1.29, 1.82) is 0 Å². The van der Waals surface area contributed by atoms with Crippen LogP contribution in [0.15, 0.2) is 0 Å². The van der Waals surface area contributed by atoms with E-state index in [1.54, 1.807) is 13.8 Å². The first-order valence-electron chi connectivity index (χ1n) is 7.21. The molecule has 3 aliphatic heterocycles. The van der Waals surface area contributed by atoms with Gasteiger partial charge in [-0.25, -0.2) is 4.79 Å². The molecule has 7 heteroatoms. The highest BCUT2D eigenvalue weighted by atomic mass is 16.7. The highest BCUT2D eigenvalue weighted by Gasteiger charge is 2.65. The number of hydrogen-bond acceptors (Lipinski definition) is 6. The Labute approximate surface area is 122 Å². The van der Waals surface area contributed by atoms with Gasteiger partial charge in [-0.1, -0.05) is 20.8 Å². The standard InChI is InChI=1S/C14H19NO6/c1-4-14(2,3)12(17)15-13(18)21-9-7-5-6-8(19-7)10(9)20-11(6)16/h6-10H,4-5H2,1-3H3,(H,15,17,18). The van der Waals surface area contributed by atoms with Crippen LogP contribution in [0.5, 0.6) is 0 Å². The van der Waals surface area contributed by atoms with Crippen LogP contribution >= 0.6 is 0 Å². The summed E-state index contributed by atoms with van der Waals surface area (Å²) in [7, 11) is 0. The van der Waals surface area contributed by atoms with E-state index in [2.05, 4.69) is 5.32 Å². The van der Waals surface area contributed by atoms with Crippen molar-refractivity contribution in [2.75, 3.05) is 0 Å². The van der Waals surface area contributed by atoms with E-state index in [0.717, 1.165) is 0 Å². The monoisotopic (exact) mass is 297 g/mol. The molecule has 0 aromatic rings. The summed E-state index contributed by atoms with van der Waals surface area (Å²) in [6.45, 7) is 5.37. The molecule has 116 valence electrons. The van der Waals surface area contributed by atoms with E-state index < -0.39 is 23.7 Å². The molecule has 0 aromatic carbocycles. The van der Waals surface area contributed by atoms with Gasteiger partial charge in [0, 0.05) is 5.41 Å². The van der Waals surface area contributed by atoms with Crippen LogP contribution in [0.25, 0.3) is 0 Å². The topological polar surface area (TPSA) is 90.9 Å². The van der Waals surface area contributed by atoms with Crippen LogP contribution in [0, 0.1) is 11.3 Å². The minimum atomic E-state index is -0.817. The molecule has 0 aromatic heterocycles. The van der Waals surface area contributed by atoms with E-state index in [1.165, 1.54) is 0 Å². The first-order valence-corrected chi connectivity index (χ1v) is 7.21. The fraction of sp³-hybridized carbons (Fsp3) is 0.786. The molecule has 21 heavy (non-hydrogen) atoms. The third-order valence-electron chi connectivity index (χ3n) is 4.74. The smallest absolute Gasteiger partial charge is 0.414 e. The van der Waals surface area contributed by atoms with Crippen molar-refractivity contribution in [3.05, 3.63) is 0 Å². The van der Waals surface area contributed by atoms with Crippen LogP contribution in [0.2, 0.25) is 0 Å². The van der Waals surface area contributed by atoms with E-state index in [-0.39, 0.29) is 30.0 Å². The molecule has 7 nitrogen and oxygen atoms in total. The number of carbonyl (C=O) groups is 3. The number of rotatable bonds is 3. The van der Waals surface area contributed by atoms with Crippen LogP contribution in [0.1, 0.15) is 33.6 Å². The summed E-state index contributed by atoms with van der Waals surface area (Å²) in [4.78, 5) is 35.3. The van der Waals surface area contributed by atoms with E-state index in [9.17, 15) is 14.4 Å². The van der Waals surface area contributed by atoms with Crippen molar-refractivity contribution in [1.82, 2.24) is 5.32 Å². The van der Waals surface area contributed by atoms with Crippen LogP contribution in [0.4, 0.5) is 4.79 Å². The quantitative estimate of drug-likeness (QED) is 0.773. The summed E-state index contributed by atoms with van der Waals surface area (Å²) in [6.07, 6.45) is -1.52. The van der Waals surface area contributed by atoms with Crippen molar-refractivity contribution < 1.29 is 28.6 Å². The van der Waals surface area contributed by atoms with Crippen LogP contribution in [-0.2, 0) is 23.8 Å². The van der Waals surface area contributed by atoms with Crippen molar-refractivity contribution >= 4 is 18.0 Å². The molecule has 3 aliphatic rings. The second-order valence-electron chi connectivity index (χ2n) is 6.44. The molecule has 3 fully saturated rings. The Morgan fingerprint density at radius 3 is 2.76 bits per heavy atom. The number of amides is 2. The fourth-order valence-electron chi connectivity index (χ4n) is 2.96. The van der Waals surface area contributed by atoms with Crippen LogP contribution in [-0.4, -0.2) is 42.4 Å². The molecule has 5 unspecified atom stereocenters. The molecule has 0 aliphatic carbocycles. The summed E-state index contributed by atoms with van der Waals surface area (Å²) in [5, 5.41) is 2.23. The zero-order valence-corrected chi connectivity index (χ0v) is 12.3. The summed E-state index contributed by atoms with van der Waals surface area (Å²) < 4.78 is 16.1. The Balaban J connectivity index is 1.60. The van der Waals surface area contributed by atoms with Crippen molar-refractivity contribution in [3.8, 4) is 0 Å². The van der Waals surface area contributed by atoms with E-state index >= 15 is 0 Å². The lowest BCUT2D eigenvalue weighted by Gasteiger charge is -2.24. The summed E-state index contributed by atoms with van der Waals surface area (Å²) in [5.74, 6) is -0.911. The van der Waals surface area contributed by atoms with Gasteiger partial charge in [0.15, 0.2) is 12.2 Å². The molecule has 2 amide bonds. The summed E-state index contributed by atoms with van der Waals surface area (Å²) >= 11 is 0. The van der Waals surface area contributed by atoms with Crippen LogP contribution in [0.3, 0.4) is 0 Å². The maximum Gasteiger partial charge on any atom is 0.414 e. The second-order valence-corrected chi connectivity index (χ2v) is 6.44. The summed E-state index contributed by atoms with van der Waals surface area (Å²) in [6, 6.07) is 0. The molecule has 3 heterocycles. The number of carbonyl (C=O) groups excluding carboxylic acids is 3. The van der Waals surface area contributed by atoms with Gasteiger partial charge in [-0.05, 0) is 12.8 Å². The van der Waals surface area contributed by atoms with Gasteiger partial charge in [0.1, 0.15) is 6.10 Å². The molecule has 5 atom stereocenters. The Bertz CT molecular complexity index is 502. The van der Waals surface area contributed by atoms with Crippen molar-refractivity contribution in [2.45, 2.75) is 58.0 Å². The number of hydrogen-bond donors (Lipinski definition) is 1. The Hall–Kier alpha value is -1.63. The van der Waals surface area contributed by atoms with Gasteiger partial charge in [0.05, 0.1) is 12.0 Å². The van der Waals surface area contributed by atoms with Gasteiger partial charge in [0.2, 0.25) is 5.91 Å². The van der Waals surface area contributed by atoms with Crippen LogP contribution < -0.4 is 5.32 Å². The molecule has 1 N–H and O–H groups in total. The zero-order chi connectivity index (χ0) is 15.4. The lowest BCUT2D eigenvalue weighted by Crippen LogP contribution is -2.46.